The van der Waals surface area contributed by atoms with E-state index in [1.165, 1.54) is 21.9 Å². The highest BCUT2D eigenvalue weighted by molar-refractivity contribution is 6.13. The smallest absolute Gasteiger partial charge is 0.220 e. The minimum Gasteiger partial charge on any atom is -0.356 e. The number of rotatable bonds is 1. The van der Waals surface area contributed by atoms with Gasteiger partial charge in [-0.25, -0.2) is 4.98 Å². The first-order valence-electron chi connectivity index (χ1n) is 9.03. The Bertz CT molecular complexity index is 982. The van der Waals surface area contributed by atoms with Crippen molar-refractivity contribution in [3.05, 3.63) is 36.0 Å². The van der Waals surface area contributed by atoms with E-state index in [9.17, 15) is 4.79 Å². The molecular formula is C20H22N4O. The van der Waals surface area contributed by atoms with E-state index in [1.807, 2.05) is 6.20 Å². The molecule has 1 amide bonds. The summed E-state index contributed by atoms with van der Waals surface area (Å²) in [6.45, 7) is 4.86. The van der Waals surface area contributed by atoms with Crippen molar-refractivity contribution in [3.63, 3.8) is 0 Å². The Morgan fingerprint density at radius 1 is 1.20 bits per heavy atom. The van der Waals surface area contributed by atoms with Crippen molar-refractivity contribution in [1.82, 2.24) is 15.3 Å². The van der Waals surface area contributed by atoms with Crippen LogP contribution in [-0.2, 0) is 4.79 Å². The van der Waals surface area contributed by atoms with Crippen LogP contribution in [0.3, 0.4) is 0 Å². The van der Waals surface area contributed by atoms with Crippen molar-refractivity contribution in [2.24, 2.45) is 5.41 Å². The van der Waals surface area contributed by atoms with Crippen LogP contribution in [0.1, 0.15) is 24.8 Å². The van der Waals surface area contributed by atoms with Crippen LogP contribution >= 0.6 is 0 Å². The number of nitrogens with one attached hydrogen (secondary N) is 2. The Morgan fingerprint density at radius 2 is 2.00 bits per heavy atom. The van der Waals surface area contributed by atoms with Crippen LogP contribution in [0.2, 0.25) is 0 Å². The summed E-state index contributed by atoms with van der Waals surface area (Å²) in [5.41, 5.74) is 3.68. The van der Waals surface area contributed by atoms with Crippen molar-refractivity contribution < 1.29 is 4.79 Å². The predicted molar refractivity (Wildman–Crippen MR) is 99.8 cm³/mol. The number of fused-ring (bicyclic) bond motifs is 3. The lowest BCUT2D eigenvalue weighted by molar-refractivity contribution is -0.119. The van der Waals surface area contributed by atoms with Gasteiger partial charge in [0, 0.05) is 43.2 Å². The first-order chi connectivity index (χ1) is 12.2. The number of piperidine rings is 1. The number of aryl methyl sites for hydroxylation is 1. The number of H-pyrrole nitrogens is 1. The second-order valence-corrected chi connectivity index (χ2v) is 7.63. The Balaban J connectivity index is 1.55. The number of aromatic nitrogens is 2. The molecule has 0 saturated carbocycles. The molecule has 25 heavy (non-hydrogen) atoms. The van der Waals surface area contributed by atoms with Crippen molar-refractivity contribution in [2.45, 2.75) is 26.2 Å². The molecule has 2 N–H and O–H groups in total. The second kappa shape index (κ2) is 5.22. The molecule has 2 saturated heterocycles. The molecule has 5 nitrogen and oxygen atoms in total. The second-order valence-electron chi connectivity index (χ2n) is 7.63. The summed E-state index contributed by atoms with van der Waals surface area (Å²) < 4.78 is 0. The van der Waals surface area contributed by atoms with Gasteiger partial charge >= 0.3 is 0 Å². The molecule has 0 radical (unpaired) electrons. The summed E-state index contributed by atoms with van der Waals surface area (Å²) in [6.07, 6.45) is 4.75. The zero-order valence-corrected chi connectivity index (χ0v) is 14.4. The quantitative estimate of drug-likeness (QED) is 0.719. The molecule has 5 rings (SSSR count). The first-order valence-corrected chi connectivity index (χ1v) is 9.03. The number of aromatic amines is 1. The van der Waals surface area contributed by atoms with Gasteiger partial charge in [0.05, 0.1) is 10.9 Å². The van der Waals surface area contributed by atoms with Crippen molar-refractivity contribution >= 4 is 33.5 Å². The number of carbonyl (C=O) groups is 1. The van der Waals surface area contributed by atoms with Crippen LogP contribution in [0.4, 0.5) is 5.82 Å². The van der Waals surface area contributed by atoms with Crippen LogP contribution in [0, 0.1) is 12.3 Å². The first kappa shape index (κ1) is 14.8. The van der Waals surface area contributed by atoms with Gasteiger partial charge in [0.1, 0.15) is 5.82 Å². The van der Waals surface area contributed by atoms with Gasteiger partial charge in [0.2, 0.25) is 5.91 Å². The van der Waals surface area contributed by atoms with E-state index in [4.69, 9.17) is 4.98 Å². The number of carbonyl (C=O) groups excluding carboxylic acids is 1. The van der Waals surface area contributed by atoms with E-state index in [0.717, 1.165) is 43.8 Å². The van der Waals surface area contributed by atoms with Crippen molar-refractivity contribution in [3.8, 4) is 0 Å². The lowest BCUT2D eigenvalue weighted by Crippen LogP contribution is -2.41. The summed E-state index contributed by atoms with van der Waals surface area (Å²) in [7, 11) is 0. The Hall–Kier alpha value is -2.56. The fraction of sp³-hybridized carbons (Fsp3) is 0.400. The zero-order chi connectivity index (χ0) is 17.0. The van der Waals surface area contributed by atoms with Gasteiger partial charge < -0.3 is 15.2 Å². The molecule has 2 fully saturated rings. The molecule has 0 atom stereocenters. The van der Waals surface area contributed by atoms with E-state index in [2.05, 4.69) is 46.4 Å². The molecule has 2 aromatic heterocycles. The zero-order valence-electron chi connectivity index (χ0n) is 14.4. The number of anilines is 1. The Kier molecular flexibility index (Phi) is 3.08. The number of amides is 1. The molecule has 2 aliphatic rings. The Morgan fingerprint density at radius 3 is 2.76 bits per heavy atom. The van der Waals surface area contributed by atoms with Gasteiger partial charge in [0.15, 0.2) is 0 Å². The van der Waals surface area contributed by atoms with E-state index in [0.29, 0.717) is 6.42 Å². The summed E-state index contributed by atoms with van der Waals surface area (Å²) in [6, 6.07) is 8.45. The average molecular weight is 334 g/mol. The molecule has 1 aromatic carbocycles. The predicted octanol–water partition coefficient (Wildman–Crippen LogP) is 3.13. The third-order valence-corrected chi connectivity index (χ3v) is 6.02. The molecule has 0 unspecified atom stereocenters. The topological polar surface area (TPSA) is 61.0 Å². The number of nitrogens with zero attached hydrogens (tertiary/aromatic N) is 2. The lowest BCUT2D eigenvalue weighted by Gasteiger charge is -2.39. The normalized spacial score (nSPS) is 19.9. The molecule has 128 valence electrons. The maximum absolute atomic E-state index is 11.7. The number of pyridine rings is 1. The maximum atomic E-state index is 11.7. The fourth-order valence-electron chi connectivity index (χ4n) is 4.49. The molecule has 0 bridgehead atoms. The van der Waals surface area contributed by atoms with Crippen molar-refractivity contribution in [1.29, 1.82) is 0 Å². The minimum atomic E-state index is 0.164. The minimum absolute atomic E-state index is 0.164. The maximum Gasteiger partial charge on any atom is 0.220 e. The number of para-hydroxylation sites is 1. The molecule has 5 heteroatoms. The van der Waals surface area contributed by atoms with Gasteiger partial charge in [-0.3, -0.25) is 4.79 Å². The van der Waals surface area contributed by atoms with Gasteiger partial charge in [-0.15, -0.1) is 0 Å². The number of hydrogen-bond acceptors (Lipinski definition) is 3. The highest BCUT2D eigenvalue weighted by atomic mass is 16.1. The molecule has 3 aromatic rings. The summed E-state index contributed by atoms with van der Waals surface area (Å²) in [5, 5.41) is 5.48. The lowest BCUT2D eigenvalue weighted by atomic mass is 9.77. The van der Waals surface area contributed by atoms with E-state index >= 15 is 0 Å². The van der Waals surface area contributed by atoms with Gasteiger partial charge in [-0.1, -0.05) is 18.2 Å². The van der Waals surface area contributed by atoms with E-state index in [1.54, 1.807) is 0 Å². The van der Waals surface area contributed by atoms with Gasteiger partial charge in [-0.05, 0) is 36.8 Å². The van der Waals surface area contributed by atoms with Crippen molar-refractivity contribution in [2.75, 3.05) is 24.5 Å². The highest BCUT2D eigenvalue weighted by Gasteiger charge is 2.41. The SMILES string of the molecule is Cc1cnc(N2CCC3(CC2)CNC(=O)C3)c2c1[nH]c1ccccc12. The van der Waals surface area contributed by atoms with Crippen LogP contribution in [0.25, 0.3) is 21.8 Å². The van der Waals surface area contributed by atoms with Crippen LogP contribution < -0.4 is 10.2 Å². The fourth-order valence-corrected chi connectivity index (χ4v) is 4.49. The standard InChI is InChI=1S/C20H22N4O/c1-13-11-21-19(17-14-4-2-3-5-15(14)23-18(13)17)24-8-6-20(7-9-24)10-16(25)22-12-20/h2-5,11,23H,6-10,12H2,1H3,(H,22,25). The number of benzene rings is 1. The van der Waals surface area contributed by atoms with Gasteiger partial charge in [0.25, 0.3) is 0 Å². The van der Waals surface area contributed by atoms with Crippen LogP contribution in [0.15, 0.2) is 30.5 Å². The monoisotopic (exact) mass is 334 g/mol. The van der Waals surface area contributed by atoms with Crippen LogP contribution in [0.5, 0.6) is 0 Å². The number of hydrogen-bond donors (Lipinski definition) is 2. The van der Waals surface area contributed by atoms with Crippen LogP contribution in [-0.4, -0.2) is 35.5 Å². The molecule has 0 aliphatic carbocycles. The molecule has 2 aliphatic heterocycles. The summed E-state index contributed by atoms with van der Waals surface area (Å²) in [5.74, 6) is 1.28. The average Bonchev–Trinajstić information content (AvgIpc) is 3.18. The summed E-state index contributed by atoms with van der Waals surface area (Å²) >= 11 is 0. The Labute approximate surface area is 146 Å². The molecule has 1 spiro atoms. The summed E-state index contributed by atoms with van der Waals surface area (Å²) in [4.78, 5) is 22.4. The van der Waals surface area contributed by atoms with Gasteiger partial charge in [-0.2, -0.15) is 0 Å². The third kappa shape index (κ3) is 2.22. The largest absolute Gasteiger partial charge is 0.356 e. The van der Waals surface area contributed by atoms with E-state index in [-0.39, 0.29) is 11.3 Å². The molecular weight excluding hydrogens is 312 g/mol. The van der Waals surface area contributed by atoms with E-state index < -0.39 is 0 Å². The third-order valence-electron chi connectivity index (χ3n) is 6.02. The molecule has 4 heterocycles. The highest BCUT2D eigenvalue weighted by Crippen LogP contribution is 2.41.